The molecule has 20 heavy (non-hydrogen) atoms. The molecule has 0 N–H and O–H groups in total. The average molecular weight is 461 g/mol. The number of thiophene rings is 1. The number of rotatable bonds is 4. The third-order valence-corrected chi connectivity index (χ3v) is 5.96. The minimum atomic E-state index is -0.370. The molecule has 1 unspecified atom stereocenters. The Balaban J connectivity index is 2.52. The summed E-state index contributed by atoms with van der Waals surface area (Å²) in [5.41, 5.74) is 1.76. The minimum absolute atomic E-state index is 0.370. The summed E-state index contributed by atoms with van der Waals surface area (Å²) in [6, 6.07) is 5.62. The highest BCUT2D eigenvalue weighted by Gasteiger charge is 2.23. The molecule has 0 amide bonds. The minimum Gasteiger partial charge on any atom is -0.495 e. The van der Waals surface area contributed by atoms with Gasteiger partial charge >= 0.3 is 0 Å². The largest absolute Gasteiger partial charge is 0.495 e. The monoisotopic (exact) mass is 458 g/mol. The molecule has 108 valence electrons. The zero-order valence-corrected chi connectivity index (χ0v) is 16.0. The van der Waals surface area contributed by atoms with Crippen molar-refractivity contribution >= 4 is 66.4 Å². The van der Waals surface area contributed by atoms with Crippen molar-refractivity contribution in [2.45, 2.75) is 5.38 Å². The number of benzene rings is 1. The van der Waals surface area contributed by atoms with E-state index in [1.807, 2.05) is 12.1 Å². The van der Waals surface area contributed by atoms with Gasteiger partial charge in [0.15, 0.2) is 0 Å². The van der Waals surface area contributed by atoms with Gasteiger partial charge in [0.25, 0.3) is 0 Å². The number of hydrogen-bond donors (Lipinski definition) is 0. The van der Waals surface area contributed by atoms with Crippen LogP contribution in [0.2, 0.25) is 5.02 Å². The molecule has 0 bridgehead atoms. The average Bonchev–Trinajstić information content (AvgIpc) is 2.76. The Morgan fingerprint density at radius 3 is 2.35 bits per heavy atom. The highest BCUT2D eigenvalue weighted by molar-refractivity contribution is 9.12. The molecule has 0 aliphatic rings. The molecule has 1 aromatic heterocycles. The number of halogens is 4. The second-order valence-electron chi connectivity index (χ2n) is 3.85. The summed E-state index contributed by atoms with van der Waals surface area (Å²) in [5, 5.41) is 0.0499. The first-order chi connectivity index (χ1) is 9.49. The van der Waals surface area contributed by atoms with Crippen molar-refractivity contribution in [3.8, 4) is 11.5 Å². The van der Waals surface area contributed by atoms with E-state index in [-0.39, 0.29) is 5.38 Å². The molecule has 7 heteroatoms. The van der Waals surface area contributed by atoms with Gasteiger partial charge < -0.3 is 9.47 Å². The second-order valence-corrected chi connectivity index (χ2v) is 8.41. The molecule has 1 atom stereocenters. The maximum absolute atomic E-state index is 6.58. The lowest BCUT2D eigenvalue weighted by molar-refractivity contribution is 0.392. The fourth-order valence-electron chi connectivity index (χ4n) is 1.81. The van der Waals surface area contributed by atoms with Gasteiger partial charge in [-0.1, -0.05) is 11.6 Å². The summed E-state index contributed by atoms with van der Waals surface area (Å²) in [6.07, 6.45) is 0. The van der Waals surface area contributed by atoms with E-state index in [0.29, 0.717) is 16.5 Å². The van der Waals surface area contributed by atoms with Crippen LogP contribution in [0.3, 0.4) is 0 Å². The Kier molecular flexibility index (Phi) is 5.65. The van der Waals surface area contributed by atoms with Crippen LogP contribution < -0.4 is 9.47 Å². The molecule has 0 saturated heterocycles. The van der Waals surface area contributed by atoms with Gasteiger partial charge in [0.2, 0.25) is 0 Å². The molecule has 0 aliphatic heterocycles. The molecule has 2 aromatic rings. The van der Waals surface area contributed by atoms with Crippen LogP contribution in [0.15, 0.2) is 25.8 Å². The lowest BCUT2D eigenvalue weighted by Gasteiger charge is -2.16. The first kappa shape index (κ1) is 16.4. The van der Waals surface area contributed by atoms with Crippen molar-refractivity contribution in [3.05, 3.63) is 41.9 Å². The van der Waals surface area contributed by atoms with Gasteiger partial charge in [0.05, 0.1) is 27.2 Å². The number of alkyl halides is 1. The van der Waals surface area contributed by atoms with Crippen LogP contribution in [0.5, 0.6) is 11.5 Å². The zero-order chi connectivity index (χ0) is 14.9. The van der Waals surface area contributed by atoms with Crippen LogP contribution in [0.4, 0.5) is 0 Å². The van der Waals surface area contributed by atoms with Gasteiger partial charge in [0.1, 0.15) is 16.5 Å². The third kappa shape index (κ3) is 3.12. The van der Waals surface area contributed by atoms with E-state index in [2.05, 4.69) is 31.9 Å². The van der Waals surface area contributed by atoms with Crippen LogP contribution >= 0.6 is 66.4 Å². The van der Waals surface area contributed by atoms with Crippen LogP contribution in [-0.4, -0.2) is 14.2 Å². The lowest BCUT2D eigenvalue weighted by atomic mass is 10.1. The quantitative estimate of drug-likeness (QED) is 0.500. The predicted molar refractivity (Wildman–Crippen MR) is 92.0 cm³/mol. The highest BCUT2D eigenvalue weighted by Crippen LogP contribution is 2.46. The Morgan fingerprint density at radius 2 is 1.85 bits per heavy atom. The topological polar surface area (TPSA) is 18.5 Å². The summed E-state index contributed by atoms with van der Waals surface area (Å²) in [7, 11) is 3.12. The third-order valence-electron chi connectivity index (χ3n) is 2.75. The fourth-order valence-corrected chi connectivity index (χ4v) is 5.58. The summed E-state index contributed by atoms with van der Waals surface area (Å²) in [5.74, 6) is 1.09. The first-order valence-electron chi connectivity index (χ1n) is 5.48. The van der Waals surface area contributed by atoms with Gasteiger partial charge in [-0.15, -0.1) is 22.9 Å². The molecule has 2 nitrogen and oxygen atoms in total. The second kappa shape index (κ2) is 6.88. The summed E-state index contributed by atoms with van der Waals surface area (Å²) < 4.78 is 12.5. The molecule has 0 saturated carbocycles. The SMILES string of the molecule is COc1ccc(C(Cl)c2cc(Br)sc2Br)c(OC)c1Cl. The van der Waals surface area contributed by atoms with Crippen molar-refractivity contribution in [1.29, 1.82) is 0 Å². The van der Waals surface area contributed by atoms with Crippen molar-refractivity contribution in [3.63, 3.8) is 0 Å². The zero-order valence-electron chi connectivity index (χ0n) is 10.5. The van der Waals surface area contributed by atoms with Gasteiger partial charge in [-0.25, -0.2) is 0 Å². The lowest BCUT2D eigenvalue weighted by Crippen LogP contribution is -1.99. The molecule has 0 radical (unpaired) electrons. The summed E-state index contributed by atoms with van der Waals surface area (Å²) in [6.45, 7) is 0. The number of methoxy groups -OCH3 is 2. The Hall–Kier alpha value is 0.0600. The Labute approximate surface area is 148 Å². The van der Waals surface area contributed by atoms with Crippen molar-refractivity contribution in [2.24, 2.45) is 0 Å². The molecule has 2 rings (SSSR count). The van der Waals surface area contributed by atoms with E-state index >= 15 is 0 Å². The smallest absolute Gasteiger partial charge is 0.146 e. The van der Waals surface area contributed by atoms with E-state index in [1.54, 1.807) is 31.6 Å². The Bertz CT molecular complexity index is 631. The van der Waals surface area contributed by atoms with Gasteiger partial charge in [0, 0.05) is 11.1 Å². The van der Waals surface area contributed by atoms with E-state index in [9.17, 15) is 0 Å². The van der Waals surface area contributed by atoms with Crippen LogP contribution in [0, 0.1) is 0 Å². The van der Waals surface area contributed by atoms with Crippen LogP contribution in [-0.2, 0) is 0 Å². The molecular formula is C13H10Br2Cl2O2S. The van der Waals surface area contributed by atoms with Crippen molar-refractivity contribution in [2.75, 3.05) is 14.2 Å². The first-order valence-corrected chi connectivity index (χ1v) is 8.70. The highest BCUT2D eigenvalue weighted by atomic mass is 79.9. The normalized spacial score (nSPS) is 12.3. The van der Waals surface area contributed by atoms with Crippen LogP contribution in [0.1, 0.15) is 16.5 Å². The molecule has 1 aromatic carbocycles. The van der Waals surface area contributed by atoms with Gasteiger partial charge in [-0.3, -0.25) is 0 Å². The maximum Gasteiger partial charge on any atom is 0.146 e. The van der Waals surface area contributed by atoms with E-state index in [0.717, 1.165) is 18.7 Å². The molecule has 0 spiro atoms. The number of ether oxygens (including phenoxy) is 2. The summed E-state index contributed by atoms with van der Waals surface area (Å²) >= 11 is 21.4. The molecule has 0 fully saturated rings. The van der Waals surface area contributed by atoms with Gasteiger partial charge in [-0.2, -0.15) is 0 Å². The van der Waals surface area contributed by atoms with E-state index in [4.69, 9.17) is 32.7 Å². The fraction of sp³-hybridized carbons (Fsp3) is 0.231. The maximum atomic E-state index is 6.58. The van der Waals surface area contributed by atoms with E-state index < -0.39 is 0 Å². The standard InChI is InChI=1S/C13H10Br2Cl2O2S/c1-18-8-4-3-6(12(19-2)11(8)17)10(16)7-5-9(14)20-13(7)15/h3-5,10H,1-2H3. The van der Waals surface area contributed by atoms with Gasteiger partial charge in [-0.05, 0) is 50.1 Å². The molecule has 1 heterocycles. The number of hydrogen-bond acceptors (Lipinski definition) is 3. The van der Waals surface area contributed by atoms with Crippen molar-refractivity contribution < 1.29 is 9.47 Å². The van der Waals surface area contributed by atoms with Crippen molar-refractivity contribution in [1.82, 2.24) is 0 Å². The van der Waals surface area contributed by atoms with E-state index in [1.165, 1.54) is 0 Å². The molecule has 0 aliphatic carbocycles. The molecular weight excluding hydrogens is 451 g/mol. The van der Waals surface area contributed by atoms with Crippen LogP contribution in [0.25, 0.3) is 0 Å². The Morgan fingerprint density at radius 1 is 1.15 bits per heavy atom. The predicted octanol–water partition coefficient (Wildman–Crippen LogP) is 6.27. The summed E-state index contributed by atoms with van der Waals surface area (Å²) in [4.78, 5) is 0.